The standard InChI is InChI=1S/C8H16N6O/c1-5(7-11-13-14-12-7)10-6(15)4-8(2,3)9/h5H,4,9H2,1-3H3,(H,10,15)(H,11,12,13,14). The van der Waals surface area contributed by atoms with Crippen molar-refractivity contribution in [1.29, 1.82) is 0 Å². The summed E-state index contributed by atoms with van der Waals surface area (Å²) in [6, 6.07) is -0.265. The molecule has 1 heterocycles. The number of rotatable bonds is 4. The zero-order valence-electron chi connectivity index (χ0n) is 9.11. The van der Waals surface area contributed by atoms with Crippen LogP contribution in [0.5, 0.6) is 0 Å². The van der Waals surface area contributed by atoms with Gasteiger partial charge in [-0.25, -0.2) is 0 Å². The van der Waals surface area contributed by atoms with Crippen molar-refractivity contribution in [2.45, 2.75) is 38.8 Å². The van der Waals surface area contributed by atoms with E-state index >= 15 is 0 Å². The molecule has 7 nitrogen and oxygen atoms in total. The first-order valence-electron chi connectivity index (χ1n) is 4.70. The molecule has 4 N–H and O–H groups in total. The minimum atomic E-state index is -0.513. The number of carbonyl (C=O) groups excluding carboxylic acids is 1. The topological polar surface area (TPSA) is 110 Å². The molecule has 15 heavy (non-hydrogen) atoms. The number of nitrogens with one attached hydrogen (secondary N) is 2. The van der Waals surface area contributed by atoms with Crippen LogP contribution in [0.4, 0.5) is 0 Å². The summed E-state index contributed by atoms with van der Waals surface area (Å²) in [5.74, 6) is 0.331. The van der Waals surface area contributed by atoms with Gasteiger partial charge in [-0.05, 0) is 20.8 Å². The third-order valence-electron chi connectivity index (χ3n) is 1.74. The molecule has 1 atom stereocenters. The fourth-order valence-corrected chi connectivity index (χ4v) is 1.12. The molecule has 0 bridgehead atoms. The number of hydrogen-bond acceptors (Lipinski definition) is 5. The van der Waals surface area contributed by atoms with Crippen LogP contribution in [0.15, 0.2) is 0 Å². The highest BCUT2D eigenvalue weighted by Crippen LogP contribution is 2.07. The van der Waals surface area contributed by atoms with Gasteiger partial charge in [0.15, 0.2) is 5.82 Å². The summed E-state index contributed by atoms with van der Waals surface area (Å²) in [6.07, 6.45) is 0.259. The molecule has 0 saturated heterocycles. The molecule has 1 unspecified atom stereocenters. The van der Waals surface area contributed by atoms with E-state index in [9.17, 15) is 4.79 Å². The SMILES string of the molecule is CC(NC(=O)CC(C)(C)N)c1nn[nH]n1. The van der Waals surface area contributed by atoms with Crippen molar-refractivity contribution in [2.24, 2.45) is 5.73 Å². The van der Waals surface area contributed by atoms with Crippen molar-refractivity contribution in [3.63, 3.8) is 0 Å². The number of H-pyrrole nitrogens is 1. The smallest absolute Gasteiger partial charge is 0.222 e. The molecule has 1 amide bonds. The highest BCUT2D eigenvalue weighted by molar-refractivity contribution is 5.77. The molecule has 0 aliphatic heterocycles. The van der Waals surface area contributed by atoms with Crippen molar-refractivity contribution in [1.82, 2.24) is 25.9 Å². The second kappa shape index (κ2) is 4.35. The maximum Gasteiger partial charge on any atom is 0.222 e. The van der Waals surface area contributed by atoms with Crippen LogP contribution in [0.2, 0.25) is 0 Å². The number of tetrazole rings is 1. The quantitative estimate of drug-likeness (QED) is 0.623. The lowest BCUT2D eigenvalue weighted by molar-refractivity contribution is -0.122. The number of aromatic amines is 1. The van der Waals surface area contributed by atoms with Gasteiger partial charge in [-0.1, -0.05) is 5.21 Å². The van der Waals surface area contributed by atoms with Gasteiger partial charge in [0.1, 0.15) is 0 Å². The number of carbonyl (C=O) groups is 1. The molecule has 0 aliphatic rings. The monoisotopic (exact) mass is 212 g/mol. The molecule has 0 aromatic carbocycles. The van der Waals surface area contributed by atoms with Gasteiger partial charge in [0, 0.05) is 12.0 Å². The zero-order chi connectivity index (χ0) is 11.5. The van der Waals surface area contributed by atoms with Crippen LogP contribution in [-0.4, -0.2) is 32.1 Å². The predicted octanol–water partition coefficient (Wildman–Crippen LogP) is -0.496. The van der Waals surface area contributed by atoms with Crippen LogP contribution in [0.3, 0.4) is 0 Å². The lowest BCUT2D eigenvalue weighted by Crippen LogP contribution is -2.39. The van der Waals surface area contributed by atoms with Crippen LogP contribution in [0.25, 0.3) is 0 Å². The normalized spacial score (nSPS) is 13.6. The summed E-state index contributed by atoms with van der Waals surface area (Å²) in [6.45, 7) is 5.38. The molecule has 84 valence electrons. The molecule has 0 fully saturated rings. The Bertz CT molecular complexity index is 314. The van der Waals surface area contributed by atoms with Crippen LogP contribution in [0, 0.1) is 0 Å². The van der Waals surface area contributed by atoms with E-state index in [1.54, 1.807) is 20.8 Å². The van der Waals surface area contributed by atoms with Crippen molar-refractivity contribution in [3.8, 4) is 0 Å². The molecule has 1 aromatic rings. The number of hydrogen-bond donors (Lipinski definition) is 3. The fourth-order valence-electron chi connectivity index (χ4n) is 1.12. The second-order valence-electron chi connectivity index (χ2n) is 4.22. The maximum atomic E-state index is 11.5. The molecule has 0 radical (unpaired) electrons. The zero-order valence-corrected chi connectivity index (χ0v) is 9.11. The van der Waals surface area contributed by atoms with E-state index in [1.165, 1.54) is 0 Å². The van der Waals surface area contributed by atoms with E-state index in [0.717, 1.165) is 0 Å². The minimum Gasteiger partial charge on any atom is -0.346 e. The third-order valence-corrected chi connectivity index (χ3v) is 1.74. The number of nitrogens with zero attached hydrogens (tertiary/aromatic N) is 3. The highest BCUT2D eigenvalue weighted by Gasteiger charge is 2.19. The van der Waals surface area contributed by atoms with Crippen LogP contribution >= 0.6 is 0 Å². The Balaban J connectivity index is 2.45. The molecular weight excluding hydrogens is 196 g/mol. The number of amides is 1. The van der Waals surface area contributed by atoms with Gasteiger partial charge in [0.25, 0.3) is 0 Å². The van der Waals surface area contributed by atoms with Gasteiger partial charge >= 0.3 is 0 Å². The molecule has 0 aliphatic carbocycles. The van der Waals surface area contributed by atoms with Crippen molar-refractivity contribution >= 4 is 5.91 Å². The van der Waals surface area contributed by atoms with Gasteiger partial charge in [-0.3, -0.25) is 4.79 Å². The predicted molar refractivity (Wildman–Crippen MR) is 53.6 cm³/mol. The average Bonchev–Trinajstić information content (AvgIpc) is 2.50. The summed E-state index contributed by atoms with van der Waals surface area (Å²) < 4.78 is 0. The Morgan fingerprint density at radius 2 is 2.33 bits per heavy atom. The molecule has 1 aromatic heterocycles. The Hall–Kier alpha value is -1.50. The third kappa shape index (κ3) is 4.03. The summed E-state index contributed by atoms with van der Waals surface area (Å²) >= 11 is 0. The molecule has 0 saturated carbocycles. The molecular formula is C8H16N6O. The van der Waals surface area contributed by atoms with Crippen LogP contribution < -0.4 is 11.1 Å². The van der Waals surface area contributed by atoms with Crippen molar-refractivity contribution in [3.05, 3.63) is 5.82 Å². The van der Waals surface area contributed by atoms with Gasteiger partial charge in [-0.2, -0.15) is 5.21 Å². The Morgan fingerprint density at radius 3 is 2.80 bits per heavy atom. The van der Waals surface area contributed by atoms with Crippen molar-refractivity contribution < 1.29 is 4.79 Å². The van der Waals surface area contributed by atoms with Crippen molar-refractivity contribution in [2.75, 3.05) is 0 Å². The first-order chi connectivity index (χ1) is 6.88. The van der Waals surface area contributed by atoms with Crippen LogP contribution in [0.1, 0.15) is 39.1 Å². The van der Waals surface area contributed by atoms with E-state index in [-0.39, 0.29) is 18.4 Å². The largest absolute Gasteiger partial charge is 0.346 e. The Morgan fingerprint density at radius 1 is 1.67 bits per heavy atom. The van der Waals surface area contributed by atoms with Crippen LogP contribution in [-0.2, 0) is 4.79 Å². The Labute approximate surface area is 87.8 Å². The van der Waals surface area contributed by atoms with E-state index in [1.807, 2.05) is 0 Å². The average molecular weight is 212 g/mol. The van der Waals surface area contributed by atoms with Gasteiger partial charge in [0.05, 0.1) is 6.04 Å². The van der Waals surface area contributed by atoms with E-state index < -0.39 is 5.54 Å². The first-order valence-corrected chi connectivity index (χ1v) is 4.70. The maximum absolute atomic E-state index is 11.5. The van der Waals surface area contributed by atoms with Gasteiger partial charge in [0.2, 0.25) is 5.91 Å². The number of aromatic nitrogens is 4. The van der Waals surface area contributed by atoms with E-state index in [2.05, 4.69) is 25.9 Å². The van der Waals surface area contributed by atoms with E-state index in [0.29, 0.717) is 5.82 Å². The Kier molecular flexibility index (Phi) is 3.35. The summed E-state index contributed by atoms with van der Waals surface area (Å²) in [5.41, 5.74) is 5.21. The van der Waals surface area contributed by atoms with E-state index in [4.69, 9.17) is 5.73 Å². The first kappa shape index (κ1) is 11.6. The summed E-state index contributed by atoms with van der Waals surface area (Å²) in [5, 5.41) is 16.0. The minimum absolute atomic E-state index is 0.125. The van der Waals surface area contributed by atoms with Gasteiger partial charge in [-0.15, -0.1) is 10.2 Å². The summed E-state index contributed by atoms with van der Waals surface area (Å²) in [7, 11) is 0. The highest BCUT2D eigenvalue weighted by atomic mass is 16.1. The molecule has 0 spiro atoms. The summed E-state index contributed by atoms with van der Waals surface area (Å²) in [4.78, 5) is 11.5. The lowest BCUT2D eigenvalue weighted by atomic mass is 10.0. The van der Waals surface area contributed by atoms with Gasteiger partial charge < -0.3 is 11.1 Å². The fraction of sp³-hybridized carbons (Fsp3) is 0.750. The molecule has 1 rings (SSSR count). The number of nitrogens with two attached hydrogens (primary N) is 1. The lowest BCUT2D eigenvalue weighted by Gasteiger charge is -2.18. The second-order valence-corrected chi connectivity index (χ2v) is 4.22. The molecule has 7 heteroatoms.